The zero-order valence-electron chi connectivity index (χ0n) is 23.8. The van der Waals surface area contributed by atoms with E-state index in [9.17, 15) is 0 Å². The van der Waals surface area contributed by atoms with Gasteiger partial charge in [-0.2, -0.15) is 0 Å². The van der Waals surface area contributed by atoms with E-state index in [1.54, 1.807) is 0 Å². The van der Waals surface area contributed by atoms with Crippen LogP contribution in [0.4, 0.5) is 11.4 Å². The molecule has 43 heavy (non-hydrogen) atoms. The summed E-state index contributed by atoms with van der Waals surface area (Å²) in [6, 6.07) is 64.8. The predicted molar refractivity (Wildman–Crippen MR) is 183 cm³/mol. The van der Waals surface area contributed by atoms with Crippen molar-refractivity contribution >= 4 is 11.4 Å². The van der Waals surface area contributed by atoms with Crippen LogP contribution in [0.2, 0.25) is 0 Å². The largest absolute Gasteiger partial charge is 0.356 e. The monoisotopic (exact) mass is 549 g/mol. The molecule has 0 spiro atoms. The highest BCUT2D eigenvalue weighted by molar-refractivity contribution is 5.98. The zero-order valence-corrected chi connectivity index (χ0v) is 23.8. The summed E-state index contributed by atoms with van der Waals surface area (Å²) in [6.45, 7) is 0. The smallest absolute Gasteiger partial charge is 0.0384 e. The molecule has 7 aromatic carbocycles. The summed E-state index contributed by atoms with van der Waals surface area (Å²) in [5.74, 6) is 0. The lowest BCUT2D eigenvalue weighted by Gasteiger charge is -2.19. The van der Waals surface area contributed by atoms with Gasteiger partial charge in [0, 0.05) is 11.4 Å². The molecule has 1 heteroatoms. The van der Waals surface area contributed by atoms with Crippen molar-refractivity contribution in [3.05, 3.63) is 182 Å². The first kappa shape index (κ1) is 26.3. The van der Waals surface area contributed by atoms with Crippen molar-refractivity contribution in [1.82, 2.24) is 0 Å². The van der Waals surface area contributed by atoms with Crippen molar-refractivity contribution < 1.29 is 0 Å². The Morgan fingerprint density at radius 2 is 0.605 bits per heavy atom. The summed E-state index contributed by atoms with van der Waals surface area (Å²) in [7, 11) is 0. The molecule has 0 aliphatic heterocycles. The van der Waals surface area contributed by atoms with Crippen LogP contribution in [-0.2, 0) is 0 Å². The Labute approximate surface area is 253 Å². The van der Waals surface area contributed by atoms with E-state index in [4.69, 9.17) is 0 Å². The second kappa shape index (κ2) is 12.1. The molecule has 0 atom stereocenters. The van der Waals surface area contributed by atoms with Crippen molar-refractivity contribution in [3.8, 4) is 55.6 Å². The number of hydrogen-bond acceptors (Lipinski definition) is 1. The minimum Gasteiger partial charge on any atom is -0.356 e. The lowest BCUT2D eigenvalue weighted by molar-refractivity contribution is 1.53. The van der Waals surface area contributed by atoms with Gasteiger partial charge in [0.05, 0.1) is 0 Å². The summed E-state index contributed by atoms with van der Waals surface area (Å²) in [4.78, 5) is 0. The maximum atomic E-state index is 3.47. The molecule has 0 heterocycles. The third kappa shape index (κ3) is 5.75. The van der Waals surface area contributed by atoms with Crippen molar-refractivity contribution in [2.75, 3.05) is 5.32 Å². The molecule has 0 radical (unpaired) electrons. The molecule has 0 bridgehead atoms. The lowest BCUT2D eigenvalue weighted by Crippen LogP contribution is -1.93. The van der Waals surface area contributed by atoms with E-state index in [1.165, 1.54) is 55.6 Å². The Balaban J connectivity index is 1.32. The van der Waals surface area contributed by atoms with Gasteiger partial charge >= 0.3 is 0 Å². The first-order chi connectivity index (χ1) is 21.3. The molecule has 7 rings (SSSR count). The predicted octanol–water partition coefficient (Wildman–Crippen LogP) is 11.8. The van der Waals surface area contributed by atoms with Gasteiger partial charge in [-0.25, -0.2) is 0 Å². The van der Waals surface area contributed by atoms with Crippen LogP contribution in [0.3, 0.4) is 0 Å². The fourth-order valence-corrected chi connectivity index (χ4v) is 5.70. The van der Waals surface area contributed by atoms with E-state index in [1.807, 2.05) is 18.2 Å². The van der Waals surface area contributed by atoms with E-state index in [0.29, 0.717) is 0 Å². The molecule has 1 N–H and O–H groups in total. The molecule has 0 aliphatic carbocycles. The summed E-state index contributed by atoms with van der Waals surface area (Å²) < 4.78 is 0. The van der Waals surface area contributed by atoms with Gasteiger partial charge in [-0.05, 0) is 92.0 Å². The molecule has 0 saturated heterocycles. The van der Waals surface area contributed by atoms with E-state index >= 15 is 0 Å². The van der Waals surface area contributed by atoms with Gasteiger partial charge in [-0.15, -0.1) is 0 Å². The number of rotatable bonds is 7. The second-order valence-electron chi connectivity index (χ2n) is 10.7. The molecule has 0 aliphatic rings. The molecule has 204 valence electrons. The minimum absolute atomic E-state index is 1.07. The Bertz CT molecular complexity index is 1870. The van der Waals surface area contributed by atoms with Crippen LogP contribution in [0, 0.1) is 0 Å². The maximum absolute atomic E-state index is 3.47. The Morgan fingerprint density at radius 1 is 0.256 bits per heavy atom. The molecule has 0 aromatic heterocycles. The summed E-state index contributed by atoms with van der Waals surface area (Å²) >= 11 is 0. The first-order valence-electron chi connectivity index (χ1n) is 14.7. The fourth-order valence-electron chi connectivity index (χ4n) is 5.70. The molecule has 0 amide bonds. The van der Waals surface area contributed by atoms with Gasteiger partial charge in [0.25, 0.3) is 0 Å². The van der Waals surface area contributed by atoms with Crippen LogP contribution in [0.1, 0.15) is 0 Å². The van der Waals surface area contributed by atoms with Gasteiger partial charge in [-0.3, -0.25) is 0 Å². The lowest BCUT2D eigenvalue weighted by atomic mass is 9.84. The number of nitrogens with one attached hydrogen (secondary N) is 1. The first-order valence-corrected chi connectivity index (χ1v) is 14.7. The number of para-hydroxylation sites is 1. The van der Waals surface area contributed by atoms with E-state index in [0.717, 1.165) is 11.4 Å². The van der Waals surface area contributed by atoms with Crippen molar-refractivity contribution in [2.45, 2.75) is 0 Å². The van der Waals surface area contributed by atoms with Gasteiger partial charge in [0.2, 0.25) is 0 Å². The third-order valence-corrected chi connectivity index (χ3v) is 7.87. The zero-order chi connectivity index (χ0) is 28.8. The Hall–Kier alpha value is -5.66. The van der Waals surface area contributed by atoms with Gasteiger partial charge < -0.3 is 5.32 Å². The van der Waals surface area contributed by atoms with Crippen LogP contribution in [-0.4, -0.2) is 0 Å². The average molecular weight is 550 g/mol. The molecular formula is C42H31N. The molecule has 0 fully saturated rings. The van der Waals surface area contributed by atoms with Crippen LogP contribution in [0.5, 0.6) is 0 Å². The van der Waals surface area contributed by atoms with Gasteiger partial charge in [0.1, 0.15) is 0 Å². The standard InChI is InChI=1S/C42H31N/c1-5-13-31(14-6-1)37-29-40(34-15-7-2-8-16-34)42(41(30-37)35-17-9-3-10-18-35)36-23-21-32(22-24-36)33-25-27-39(28-26-33)43-38-19-11-4-12-20-38/h1-30,43H. The molecule has 7 aromatic rings. The third-order valence-electron chi connectivity index (χ3n) is 7.87. The second-order valence-corrected chi connectivity index (χ2v) is 10.7. The summed E-state index contributed by atoms with van der Waals surface area (Å²) in [6.07, 6.45) is 0. The summed E-state index contributed by atoms with van der Waals surface area (Å²) in [5, 5.41) is 3.47. The SMILES string of the molecule is c1ccc(Nc2ccc(-c3ccc(-c4c(-c5ccccc5)cc(-c5ccccc5)cc4-c4ccccc4)cc3)cc2)cc1. The van der Waals surface area contributed by atoms with Crippen molar-refractivity contribution in [1.29, 1.82) is 0 Å². The van der Waals surface area contributed by atoms with Crippen LogP contribution in [0.15, 0.2) is 182 Å². The van der Waals surface area contributed by atoms with E-state index in [2.05, 4.69) is 169 Å². The van der Waals surface area contributed by atoms with Crippen LogP contribution < -0.4 is 5.32 Å². The molecule has 0 saturated carbocycles. The fraction of sp³-hybridized carbons (Fsp3) is 0. The molecule has 1 nitrogen and oxygen atoms in total. The highest BCUT2D eigenvalue weighted by Crippen LogP contribution is 2.43. The number of anilines is 2. The summed E-state index contributed by atoms with van der Waals surface area (Å²) in [5.41, 5.74) is 14.3. The van der Waals surface area contributed by atoms with E-state index < -0.39 is 0 Å². The average Bonchev–Trinajstić information content (AvgIpc) is 3.10. The molecule has 0 unspecified atom stereocenters. The molecular weight excluding hydrogens is 518 g/mol. The normalized spacial score (nSPS) is 10.8. The maximum Gasteiger partial charge on any atom is 0.0384 e. The van der Waals surface area contributed by atoms with E-state index in [-0.39, 0.29) is 0 Å². The van der Waals surface area contributed by atoms with Crippen LogP contribution >= 0.6 is 0 Å². The highest BCUT2D eigenvalue weighted by Gasteiger charge is 2.17. The number of benzene rings is 7. The minimum atomic E-state index is 1.07. The van der Waals surface area contributed by atoms with Crippen molar-refractivity contribution in [3.63, 3.8) is 0 Å². The van der Waals surface area contributed by atoms with Gasteiger partial charge in [0.15, 0.2) is 0 Å². The van der Waals surface area contributed by atoms with Gasteiger partial charge in [-0.1, -0.05) is 146 Å². The topological polar surface area (TPSA) is 12.0 Å². The quantitative estimate of drug-likeness (QED) is 0.208. The van der Waals surface area contributed by atoms with Crippen molar-refractivity contribution in [2.24, 2.45) is 0 Å². The highest BCUT2D eigenvalue weighted by atomic mass is 14.9. The Kier molecular flexibility index (Phi) is 7.36. The van der Waals surface area contributed by atoms with Crippen LogP contribution in [0.25, 0.3) is 55.6 Å². The Morgan fingerprint density at radius 3 is 1.09 bits per heavy atom. The number of hydrogen-bond donors (Lipinski definition) is 1.